The molecule has 7 heteroatoms. The van der Waals surface area contributed by atoms with Gasteiger partial charge in [-0.2, -0.15) is 0 Å². The van der Waals surface area contributed by atoms with Crippen LogP contribution < -0.4 is 4.72 Å². The topological polar surface area (TPSA) is 69.7 Å². The molecule has 150 valence electrons. The molecule has 1 saturated heterocycles. The van der Waals surface area contributed by atoms with Gasteiger partial charge in [-0.25, -0.2) is 13.1 Å². The fraction of sp³-hybridized carbons (Fsp3) is 0.650. The Hall–Kier alpha value is -1.44. The predicted octanol–water partition coefficient (Wildman–Crippen LogP) is 2.32. The van der Waals surface area contributed by atoms with Crippen LogP contribution in [0.25, 0.3) is 0 Å². The van der Waals surface area contributed by atoms with Crippen molar-refractivity contribution in [3.63, 3.8) is 0 Å². The van der Waals surface area contributed by atoms with E-state index in [1.165, 1.54) is 50.8 Å². The second kappa shape index (κ2) is 9.17. The lowest BCUT2D eigenvalue weighted by Gasteiger charge is -2.37. The number of sulfonamides is 1. The molecule has 0 atom stereocenters. The van der Waals surface area contributed by atoms with Crippen molar-refractivity contribution in [3.8, 4) is 0 Å². The summed E-state index contributed by atoms with van der Waals surface area (Å²) in [6, 6.07) is 6.23. The van der Waals surface area contributed by atoms with Crippen molar-refractivity contribution in [1.29, 1.82) is 0 Å². The number of benzene rings is 1. The van der Waals surface area contributed by atoms with Crippen LogP contribution in [-0.4, -0.2) is 63.4 Å². The number of carbonyl (C=O) groups is 1. The first-order chi connectivity index (χ1) is 13.0. The average molecular weight is 394 g/mol. The zero-order chi connectivity index (χ0) is 19.3. The van der Waals surface area contributed by atoms with Gasteiger partial charge in [0.25, 0.3) is 5.91 Å². The smallest absolute Gasteiger partial charge is 0.253 e. The van der Waals surface area contributed by atoms with Gasteiger partial charge in [-0.3, -0.25) is 9.69 Å². The quantitative estimate of drug-likeness (QED) is 0.805. The standard InChI is InChI=1S/C20H31N3O3S/c1-2-21-27(25,26)19-10-8-18(9-11-19)20(24)23-14-12-22(13-15-23)16-17-6-4-3-5-7-17/h8-11,17,21H,2-7,12-16H2,1H3. The van der Waals surface area contributed by atoms with Gasteiger partial charge in [0, 0.05) is 44.8 Å². The van der Waals surface area contributed by atoms with Crippen LogP contribution in [0.1, 0.15) is 49.4 Å². The summed E-state index contributed by atoms with van der Waals surface area (Å²) in [4.78, 5) is 17.3. The minimum absolute atomic E-state index is 0.0142. The first-order valence-electron chi connectivity index (χ1n) is 10.1. The summed E-state index contributed by atoms with van der Waals surface area (Å²) in [7, 11) is -3.48. The first kappa shape index (κ1) is 20.3. The summed E-state index contributed by atoms with van der Waals surface area (Å²) < 4.78 is 26.5. The number of nitrogens with one attached hydrogen (secondary N) is 1. The summed E-state index contributed by atoms with van der Waals surface area (Å²) in [6.07, 6.45) is 6.81. The number of piperazine rings is 1. The number of hydrogen-bond acceptors (Lipinski definition) is 4. The Balaban J connectivity index is 1.53. The molecule has 3 rings (SSSR count). The van der Waals surface area contributed by atoms with E-state index in [9.17, 15) is 13.2 Å². The molecule has 1 aromatic carbocycles. The van der Waals surface area contributed by atoms with Gasteiger partial charge in [-0.15, -0.1) is 0 Å². The van der Waals surface area contributed by atoms with Crippen LogP contribution in [-0.2, 0) is 10.0 Å². The molecule has 1 amide bonds. The minimum atomic E-state index is -3.48. The molecule has 2 fully saturated rings. The van der Waals surface area contributed by atoms with E-state index < -0.39 is 10.0 Å². The molecule has 1 N–H and O–H groups in total. The highest BCUT2D eigenvalue weighted by Crippen LogP contribution is 2.25. The maximum absolute atomic E-state index is 12.7. The zero-order valence-electron chi connectivity index (χ0n) is 16.2. The molecular formula is C20H31N3O3S. The third-order valence-corrected chi connectivity index (χ3v) is 7.21. The van der Waals surface area contributed by atoms with Crippen LogP contribution in [0, 0.1) is 5.92 Å². The van der Waals surface area contributed by atoms with Crippen molar-refractivity contribution in [1.82, 2.24) is 14.5 Å². The lowest BCUT2D eigenvalue weighted by Crippen LogP contribution is -2.49. The lowest BCUT2D eigenvalue weighted by atomic mass is 9.89. The fourth-order valence-corrected chi connectivity index (χ4v) is 5.14. The number of amides is 1. The van der Waals surface area contributed by atoms with Gasteiger partial charge in [-0.1, -0.05) is 26.2 Å². The third-order valence-electron chi connectivity index (χ3n) is 5.65. The molecule has 1 saturated carbocycles. The molecule has 2 aliphatic rings. The molecular weight excluding hydrogens is 362 g/mol. The van der Waals surface area contributed by atoms with Crippen LogP contribution in [0.2, 0.25) is 0 Å². The molecule has 1 aliphatic heterocycles. The Morgan fingerprint density at radius 1 is 1.04 bits per heavy atom. The largest absolute Gasteiger partial charge is 0.336 e. The minimum Gasteiger partial charge on any atom is -0.336 e. The monoisotopic (exact) mass is 393 g/mol. The Morgan fingerprint density at radius 2 is 1.67 bits per heavy atom. The predicted molar refractivity (Wildman–Crippen MR) is 106 cm³/mol. The Labute approximate surface area is 163 Å². The molecule has 1 heterocycles. The molecule has 0 aromatic heterocycles. The Bertz CT molecular complexity index is 719. The van der Waals surface area contributed by atoms with Gasteiger partial charge in [0.1, 0.15) is 0 Å². The van der Waals surface area contributed by atoms with Crippen molar-refractivity contribution in [2.75, 3.05) is 39.3 Å². The van der Waals surface area contributed by atoms with E-state index in [0.29, 0.717) is 12.1 Å². The van der Waals surface area contributed by atoms with Crippen LogP contribution in [0.15, 0.2) is 29.2 Å². The third kappa shape index (κ3) is 5.30. The maximum atomic E-state index is 12.7. The van der Waals surface area contributed by atoms with Crippen LogP contribution >= 0.6 is 0 Å². The van der Waals surface area contributed by atoms with E-state index in [-0.39, 0.29) is 10.8 Å². The summed E-state index contributed by atoms with van der Waals surface area (Å²) in [5.74, 6) is 0.812. The van der Waals surface area contributed by atoms with E-state index in [4.69, 9.17) is 0 Å². The molecule has 0 unspecified atom stereocenters. The molecule has 1 aromatic rings. The van der Waals surface area contributed by atoms with Crippen molar-refractivity contribution in [2.45, 2.75) is 43.9 Å². The maximum Gasteiger partial charge on any atom is 0.253 e. The SMILES string of the molecule is CCNS(=O)(=O)c1ccc(C(=O)N2CCN(CC3CCCCC3)CC2)cc1. The molecule has 27 heavy (non-hydrogen) atoms. The zero-order valence-corrected chi connectivity index (χ0v) is 17.0. The van der Waals surface area contributed by atoms with Crippen LogP contribution in [0.4, 0.5) is 0 Å². The molecule has 0 radical (unpaired) electrons. The van der Waals surface area contributed by atoms with Gasteiger partial charge >= 0.3 is 0 Å². The summed E-state index contributed by atoms with van der Waals surface area (Å²) >= 11 is 0. The summed E-state index contributed by atoms with van der Waals surface area (Å²) in [5.41, 5.74) is 0.547. The van der Waals surface area contributed by atoms with Gasteiger partial charge < -0.3 is 4.90 Å². The van der Waals surface area contributed by atoms with Crippen LogP contribution in [0.3, 0.4) is 0 Å². The Kier molecular flexibility index (Phi) is 6.89. The van der Waals surface area contributed by atoms with E-state index in [0.717, 1.165) is 32.1 Å². The van der Waals surface area contributed by atoms with E-state index in [1.807, 2.05) is 4.90 Å². The van der Waals surface area contributed by atoms with Crippen LogP contribution in [0.5, 0.6) is 0 Å². The Morgan fingerprint density at radius 3 is 2.26 bits per heavy atom. The summed E-state index contributed by atoms with van der Waals surface area (Å²) in [6.45, 7) is 6.58. The normalized spacial score (nSPS) is 20.0. The highest BCUT2D eigenvalue weighted by molar-refractivity contribution is 7.89. The second-order valence-electron chi connectivity index (χ2n) is 7.62. The molecule has 6 nitrogen and oxygen atoms in total. The number of carbonyl (C=O) groups excluding carboxylic acids is 1. The lowest BCUT2D eigenvalue weighted by molar-refractivity contribution is 0.0606. The second-order valence-corrected chi connectivity index (χ2v) is 9.39. The average Bonchev–Trinajstić information content (AvgIpc) is 2.69. The first-order valence-corrected chi connectivity index (χ1v) is 11.6. The van der Waals surface area contributed by atoms with Crippen molar-refractivity contribution >= 4 is 15.9 Å². The van der Waals surface area contributed by atoms with Gasteiger partial charge in [0.05, 0.1) is 4.90 Å². The number of nitrogens with zero attached hydrogens (tertiary/aromatic N) is 2. The number of rotatable bonds is 6. The number of hydrogen-bond donors (Lipinski definition) is 1. The van der Waals surface area contributed by atoms with Crippen molar-refractivity contribution < 1.29 is 13.2 Å². The molecule has 0 spiro atoms. The van der Waals surface area contributed by atoms with E-state index >= 15 is 0 Å². The fourth-order valence-electron chi connectivity index (χ4n) is 4.10. The van der Waals surface area contributed by atoms with Crippen molar-refractivity contribution in [2.24, 2.45) is 5.92 Å². The molecule has 0 bridgehead atoms. The van der Waals surface area contributed by atoms with Crippen molar-refractivity contribution in [3.05, 3.63) is 29.8 Å². The van der Waals surface area contributed by atoms with E-state index in [1.54, 1.807) is 19.1 Å². The summed E-state index contributed by atoms with van der Waals surface area (Å²) in [5, 5.41) is 0. The van der Waals surface area contributed by atoms with Gasteiger partial charge in [0.2, 0.25) is 10.0 Å². The van der Waals surface area contributed by atoms with E-state index in [2.05, 4.69) is 9.62 Å². The van der Waals surface area contributed by atoms with Gasteiger partial charge in [0.15, 0.2) is 0 Å². The highest BCUT2D eigenvalue weighted by atomic mass is 32.2. The molecule has 1 aliphatic carbocycles. The highest BCUT2D eigenvalue weighted by Gasteiger charge is 2.25. The van der Waals surface area contributed by atoms with Gasteiger partial charge in [-0.05, 0) is 43.0 Å².